The third-order valence-electron chi connectivity index (χ3n) is 7.79. The molecule has 3 aromatic rings. The lowest BCUT2D eigenvalue weighted by atomic mass is 9.96. The van der Waals surface area contributed by atoms with Crippen LogP contribution in [-0.4, -0.2) is 102 Å². The van der Waals surface area contributed by atoms with E-state index in [4.69, 9.17) is 30.1 Å². The summed E-state index contributed by atoms with van der Waals surface area (Å²) >= 11 is 0. The summed E-state index contributed by atoms with van der Waals surface area (Å²) in [6.07, 6.45) is 2.12. The van der Waals surface area contributed by atoms with E-state index in [9.17, 15) is 27.6 Å². The van der Waals surface area contributed by atoms with Crippen LogP contribution in [-0.2, 0) is 37.9 Å². The minimum atomic E-state index is -3.87. The van der Waals surface area contributed by atoms with Crippen LogP contribution in [0.4, 0.5) is 0 Å². The molecule has 0 atom stereocenters. The van der Waals surface area contributed by atoms with Gasteiger partial charge in [-0.15, -0.1) is 0 Å². The molecule has 0 aliphatic carbocycles. The number of carbonyl (C=O) groups is 3. The van der Waals surface area contributed by atoms with Gasteiger partial charge in [0.1, 0.15) is 17.1 Å². The first-order valence-electron chi connectivity index (χ1n) is 15.8. The average molecular weight is 709 g/mol. The van der Waals surface area contributed by atoms with Gasteiger partial charge in [0.15, 0.2) is 11.1 Å². The van der Waals surface area contributed by atoms with Crippen LogP contribution < -0.4 is 15.0 Å². The van der Waals surface area contributed by atoms with Crippen LogP contribution in [0.1, 0.15) is 71.9 Å². The maximum absolute atomic E-state index is 13.5. The number of aliphatic hydroxyl groups is 1. The maximum Gasteiger partial charge on any atom is 0.336 e. The first kappa shape index (κ1) is 39.1. The van der Waals surface area contributed by atoms with E-state index in [1.807, 2.05) is 27.7 Å². The SMILES string of the molecule is CCCOc1ccc(S(=O)(=O)NC(C)(C)N2CCCC2)cc1-c1nc2c(CCC)nn(C)c2c(=O)[nH]1.O=C(O)CC(O)(CC(=O)O)C(=O)O. The van der Waals surface area contributed by atoms with Crippen molar-refractivity contribution in [1.29, 1.82) is 0 Å². The molecule has 0 bridgehead atoms. The van der Waals surface area contributed by atoms with Gasteiger partial charge in [-0.1, -0.05) is 20.3 Å². The highest BCUT2D eigenvalue weighted by atomic mass is 32.2. The molecule has 1 saturated heterocycles. The van der Waals surface area contributed by atoms with E-state index < -0.39 is 52.0 Å². The van der Waals surface area contributed by atoms with Crippen molar-refractivity contribution >= 4 is 39.0 Å². The Kier molecular flexibility index (Phi) is 12.7. The Bertz CT molecular complexity index is 1830. The summed E-state index contributed by atoms with van der Waals surface area (Å²) in [4.78, 5) is 53.3. The van der Waals surface area contributed by atoms with E-state index in [2.05, 4.69) is 19.7 Å². The Hall–Kier alpha value is -4.39. The first-order valence-corrected chi connectivity index (χ1v) is 17.2. The number of carboxylic acids is 3. The smallest absolute Gasteiger partial charge is 0.336 e. The molecule has 3 heterocycles. The van der Waals surface area contributed by atoms with Crippen molar-refractivity contribution < 1.29 is 48.0 Å². The molecule has 270 valence electrons. The number of sulfonamides is 1. The van der Waals surface area contributed by atoms with Crippen molar-refractivity contribution in [2.24, 2.45) is 7.05 Å². The minimum Gasteiger partial charge on any atom is -0.493 e. The van der Waals surface area contributed by atoms with E-state index in [0.717, 1.165) is 44.5 Å². The number of benzene rings is 1. The van der Waals surface area contributed by atoms with Gasteiger partial charge in [0.05, 0.1) is 41.3 Å². The molecule has 1 fully saturated rings. The van der Waals surface area contributed by atoms with Crippen LogP contribution in [0, 0.1) is 0 Å². The second-order valence-corrected chi connectivity index (χ2v) is 14.0. The summed E-state index contributed by atoms with van der Waals surface area (Å²) in [6.45, 7) is 9.92. The van der Waals surface area contributed by atoms with E-state index >= 15 is 0 Å². The number of likely N-dealkylation sites (tertiary alicyclic amines) is 1. The summed E-state index contributed by atoms with van der Waals surface area (Å²) in [5, 5.41) is 38.3. The van der Waals surface area contributed by atoms with Crippen molar-refractivity contribution in [2.75, 3.05) is 19.7 Å². The second-order valence-electron chi connectivity index (χ2n) is 12.3. The molecule has 0 unspecified atom stereocenters. The Balaban J connectivity index is 0.000000425. The second kappa shape index (κ2) is 15.9. The van der Waals surface area contributed by atoms with Crippen molar-refractivity contribution in [3.05, 3.63) is 34.2 Å². The third-order valence-corrected chi connectivity index (χ3v) is 9.44. The summed E-state index contributed by atoms with van der Waals surface area (Å²) in [5.74, 6) is -4.31. The number of carboxylic acid groups (broad SMARTS) is 3. The van der Waals surface area contributed by atoms with Crippen LogP contribution in [0.3, 0.4) is 0 Å². The molecule has 17 nitrogen and oxygen atoms in total. The summed E-state index contributed by atoms with van der Waals surface area (Å²) in [5.41, 5.74) is -1.76. The van der Waals surface area contributed by atoms with Gasteiger partial charge in [-0.3, -0.25) is 24.0 Å². The molecule has 0 saturated carbocycles. The van der Waals surface area contributed by atoms with Crippen molar-refractivity contribution in [1.82, 2.24) is 29.4 Å². The Morgan fingerprint density at radius 2 is 1.65 bits per heavy atom. The summed E-state index contributed by atoms with van der Waals surface area (Å²) < 4.78 is 37.2. The van der Waals surface area contributed by atoms with Gasteiger partial charge < -0.3 is 30.1 Å². The lowest BCUT2D eigenvalue weighted by Crippen LogP contribution is -2.55. The number of aromatic nitrogens is 4. The number of fused-ring (bicyclic) bond motifs is 1. The highest BCUT2D eigenvalue weighted by Crippen LogP contribution is 2.32. The summed E-state index contributed by atoms with van der Waals surface area (Å²) in [7, 11) is -2.15. The molecular weight excluding hydrogens is 664 g/mol. The average Bonchev–Trinajstić information content (AvgIpc) is 3.64. The number of nitrogens with zero attached hydrogens (tertiary/aromatic N) is 4. The van der Waals surface area contributed by atoms with Gasteiger partial charge in [-0.05, 0) is 70.8 Å². The maximum atomic E-state index is 13.5. The Labute approximate surface area is 283 Å². The fraction of sp³-hybridized carbons (Fsp3) is 0.548. The third kappa shape index (κ3) is 9.62. The van der Waals surface area contributed by atoms with Crippen LogP contribution >= 0.6 is 0 Å². The van der Waals surface area contributed by atoms with Crippen LogP contribution in [0.25, 0.3) is 22.4 Å². The zero-order valence-electron chi connectivity index (χ0n) is 28.1. The van der Waals surface area contributed by atoms with E-state index in [1.165, 1.54) is 16.8 Å². The van der Waals surface area contributed by atoms with Crippen LogP contribution in [0.2, 0.25) is 0 Å². The molecular formula is C31H44N6O11S. The zero-order chi connectivity index (χ0) is 36.7. The molecule has 18 heteroatoms. The zero-order valence-corrected chi connectivity index (χ0v) is 29.0. The highest BCUT2D eigenvalue weighted by molar-refractivity contribution is 7.89. The van der Waals surface area contributed by atoms with Crippen LogP contribution in [0.15, 0.2) is 27.9 Å². The molecule has 4 rings (SSSR count). The number of aliphatic carboxylic acids is 3. The van der Waals surface area contributed by atoms with Gasteiger partial charge in [-0.2, -0.15) is 9.82 Å². The normalized spacial score (nSPS) is 14.0. The number of ether oxygens (including phenoxy) is 1. The van der Waals surface area contributed by atoms with Gasteiger partial charge in [0.25, 0.3) is 5.56 Å². The van der Waals surface area contributed by atoms with E-state index in [0.29, 0.717) is 35.4 Å². The number of rotatable bonds is 15. The summed E-state index contributed by atoms with van der Waals surface area (Å²) in [6, 6.07) is 4.68. The number of nitrogens with one attached hydrogen (secondary N) is 2. The predicted octanol–water partition coefficient (Wildman–Crippen LogP) is 1.93. The lowest BCUT2D eigenvalue weighted by Gasteiger charge is -2.35. The number of hydrogen-bond acceptors (Lipinski definition) is 11. The molecule has 1 aliphatic rings. The topological polar surface area (TPSA) is 254 Å². The molecule has 6 N–H and O–H groups in total. The fourth-order valence-electron chi connectivity index (χ4n) is 5.42. The van der Waals surface area contributed by atoms with Gasteiger partial charge in [0, 0.05) is 7.05 Å². The monoisotopic (exact) mass is 708 g/mol. The standard InChI is InChI=1S/C25H36N6O4S.C6H8O7/c1-6-10-19-21-22(30(5)28-19)24(32)27-23(26-21)18-16-17(11-12-20(18)35-15-7-2)36(33,34)29-25(3,4)31-13-8-9-14-31;7-3(8)1-6(13,5(11)12)2-4(9)10/h11-12,16,29H,6-10,13-15H2,1-5H3,(H,26,27,32);13H,1-2H2,(H,7,8)(H,9,10)(H,11,12). The van der Waals surface area contributed by atoms with Gasteiger partial charge in [0.2, 0.25) is 10.0 Å². The predicted molar refractivity (Wildman–Crippen MR) is 177 cm³/mol. The first-order chi connectivity index (χ1) is 22.8. The number of aromatic amines is 1. The van der Waals surface area contributed by atoms with Gasteiger partial charge in [-0.25, -0.2) is 18.2 Å². The number of hydrogen-bond donors (Lipinski definition) is 6. The highest BCUT2D eigenvalue weighted by Gasteiger charge is 2.41. The van der Waals surface area contributed by atoms with Gasteiger partial charge >= 0.3 is 17.9 Å². The van der Waals surface area contributed by atoms with Crippen molar-refractivity contribution in [2.45, 2.75) is 88.8 Å². The van der Waals surface area contributed by atoms with Crippen molar-refractivity contribution in [3.8, 4) is 17.1 Å². The molecule has 49 heavy (non-hydrogen) atoms. The number of aryl methyl sites for hydroxylation is 2. The molecule has 2 aromatic heterocycles. The van der Waals surface area contributed by atoms with Crippen molar-refractivity contribution in [3.63, 3.8) is 0 Å². The van der Waals surface area contributed by atoms with Crippen LogP contribution in [0.5, 0.6) is 5.75 Å². The van der Waals surface area contributed by atoms with E-state index in [1.54, 1.807) is 13.1 Å². The fourth-order valence-corrected chi connectivity index (χ4v) is 6.85. The molecule has 0 spiro atoms. The molecule has 0 radical (unpaired) electrons. The largest absolute Gasteiger partial charge is 0.493 e. The van der Waals surface area contributed by atoms with E-state index in [-0.39, 0.29) is 16.3 Å². The molecule has 0 amide bonds. The molecule has 1 aliphatic heterocycles. The Morgan fingerprint density at radius 3 is 2.18 bits per heavy atom. The number of H-pyrrole nitrogens is 1. The lowest BCUT2D eigenvalue weighted by molar-refractivity contribution is -0.170. The Morgan fingerprint density at radius 1 is 1.04 bits per heavy atom. The quantitative estimate of drug-likeness (QED) is 0.132. The minimum absolute atomic E-state index is 0.0799. The molecule has 1 aromatic carbocycles.